The number of benzene rings is 4. The van der Waals surface area contributed by atoms with Crippen molar-refractivity contribution in [1.82, 2.24) is 10.2 Å². The van der Waals surface area contributed by atoms with Gasteiger partial charge in [0.2, 0.25) is 11.8 Å². The molecule has 45 heavy (non-hydrogen) atoms. The first-order valence-corrected chi connectivity index (χ1v) is 17.1. The lowest BCUT2D eigenvalue weighted by atomic mass is 10.0. The zero-order valence-corrected chi connectivity index (χ0v) is 26.9. The van der Waals surface area contributed by atoms with Gasteiger partial charge in [0.25, 0.3) is 10.0 Å². The van der Waals surface area contributed by atoms with E-state index in [9.17, 15) is 18.0 Å². The number of amides is 2. The molecule has 0 radical (unpaired) electrons. The molecule has 1 N–H and O–H groups in total. The molecule has 1 aliphatic carbocycles. The maximum absolute atomic E-state index is 14.5. The van der Waals surface area contributed by atoms with Crippen molar-refractivity contribution in [3.63, 3.8) is 0 Å². The lowest BCUT2D eigenvalue weighted by Gasteiger charge is -2.34. The highest BCUT2D eigenvalue weighted by atomic mass is 35.5. The molecule has 4 aromatic rings. The van der Waals surface area contributed by atoms with E-state index in [2.05, 4.69) is 5.32 Å². The Balaban J connectivity index is 1.55. The second-order valence-corrected chi connectivity index (χ2v) is 13.8. The number of halogens is 1. The maximum atomic E-state index is 14.5. The molecule has 0 heterocycles. The van der Waals surface area contributed by atoms with Crippen molar-refractivity contribution >= 4 is 39.1 Å². The minimum Gasteiger partial charge on any atom is -0.352 e. The number of carbonyl (C=O) groups excluding carboxylic acids is 2. The van der Waals surface area contributed by atoms with Crippen molar-refractivity contribution in [2.45, 2.75) is 62.6 Å². The van der Waals surface area contributed by atoms with Crippen LogP contribution in [0, 0.1) is 6.92 Å². The van der Waals surface area contributed by atoms with Gasteiger partial charge in [-0.2, -0.15) is 0 Å². The summed E-state index contributed by atoms with van der Waals surface area (Å²) in [6, 6.07) is 30.9. The minimum absolute atomic E-state index is 0.0520. The average molecular weight is 644 g/mol. The number of hydrogen-bond donors (Lipinski definition) is 1. The summed E-state index contributed by atoms with van der Waals surface area (Å²) in [6.07, 6.45) is 4.18. The van der Waals surface area contributed by atoms with Gasteiger partial charge in [0.15, 0.2) is 0 Å². The van der Waals surface area contributed by atoms with Gasteiger partial charge in [-0.15, -0.1) is 0 Å². The van der Waals surface area contributed by atoms with Crippen LogP contribution in [0.4, 0.5) is 5.69 Å². The van der Waals surface area contributed by atoms with E-state index >= 15 is 0 Å². The van der Waals surface area contributed by atoms with Crippen LogP contribution < -0.4 is 9.62 Å². The molecule has 1 fully saturated rings. The summed E-state index contributed by atoms with van der Waals surface area (Å²) in [4.78, 5) is 30.2. The number of sulfonamides is 1. The minimum atomic E-state index is -4.16. The molecule has 1 unspecified atom stereocenters. The zero-order valence-electron chi connectivity index (χ0n) is 25.3. The summed E-state index contributed by atoms with van der Waals surface area (Å²) in [5.74, 6) is -0.734. The quantitative estimate of drug-likeness (QED) is 0.190. The van der Waals surface area contributed by atoms with Crippen molar-refractivity contribution in [1.29, 1.82) is 0 Å². The number of rotatable bonds is 12. The van der Waals surface area contributed by atoms with Crippen molar-refractivity contribution < 1.29 is 18.0 Å². The fourth-order valence-electron chi connectivity index (χ4n) is 5.67. The van der Waals surface area contributed by atoms with Crippen LogP contribution in [0.15, 0.2) is 114 Å². The van der Waals surface area contributed by atoms with E-state index < -0.39 is 28.5 Å². The molecule has 0 saturated heterocycles. The largest absolute Gasteiger partial charge is 0.352 e. The summed E-state index contributed by atoms with van der Waals surface area (Å²) in [5, 5.41) is 3.64. The fraction of sp³-hybridized carbons (Fsp3) is 0.278. The topological polar surface area (TPSA) is 86.8 Å². The molecule has 9 heteroatoms. The Bertz CT molecular complexity index is 1680. The molecule has 5 rings (SSSR count). The zero-order chi connectivity index (χ0) is 31.8. The number of nitrogens with zero attached hydrogens (tertiary/aromatic N) is 2. The molecular formula is C36H38ClN3O4S. The van der Waals surface area contributed by atoms with Crippen LogP contribution in [0.2, 0.25) is 5.02 Å². The van der Waals surface area contributed by atoms with Crippen LogP contribution in [-0.4, -0.2) is 43.8 Å². The molecule has 1 aliphatic rings. The second kappa shape index (κ2) is 14.8. The molecular weight excluding hydrogens is 606 g/mol. The molecule has 234 valence electrons. The summed E-state index contributed by atoms with van der Waals surface area (Å²) in [7, 11) is -4.16. The number of hydrogen-bond acceptors (Lipinski definition) is 4. The van der Waals surface area contributed by atoms with Gasteiger partial charge in [-0.05, 0) is 67.3 Å². The molecule has 2 amide bonds. The van der Waals surface area contributed by atoms with E-state index in [1.54, 1.807) is 42.5 Å². The molecule has 1 atom stereocenters. The summed E-state index contributed by atoms with van der Waals surface area (Å²) in [5.41, 5.74) is 3.10. The average Bonchev–Trinajstić information content (AvgIpc) is 3.57. The highest BCUT2D eigenvalue weighted by Crippen LogP contribution is 2.27. The third kappa shape index (κ3) is 8.32. The van der Waals surface area contributed by atoms with Gasteiger partial charge in [-0.1, -0.05) is 103 Å². The van der Waals surface area contributed by atoms with Gasteiger partial charge in [0, 0.05) is 24.0 Å². The van der Waals surface area contributed by atoms with Crippen LogP contribution in [-0.2, 0) is 32.6 Å². The van der Waals surface area contributed by atoms with Crippen molar-refractivity contribution in [3.8, 4) is 0 Å². The van der Waals surface area contributed by atoms with Crippen molar-refractivity contribution in [2.24, 2.45) is 0 Å². The lowest BCUT2D eigenvalue weighted by Crippen LogP contribution is -2.54. The molecule has 1 saturated carbocycles. The van der Waals surface area contributed by atoms with E-state index in [4.69, 9.17) is 11.6 Å². The number of aryl methyl sites for hydroxylation is 1. The van der Waals surface area contributed by atoms with E-state index in [0.717, 1.165) is 46.7 Å². The lowest BCUT2D eigenvalue weighted by molar-refractivity contribution is -0.140. The van der Waals surface area contributed by atoms with Gasteiger partial charge in [0.1, 0.15) is 12.6 Å². The predicted molar refractivity (Wildman–Crippen MR) is 178 cm³/mol. The van der Waals surface area contributed by atoms with Crippen molar-refractivity contribution in [2.75, 3.05) is 10.8 Å². The second-order valence-electron chi connectivity index (χ2n) is 11.5. The van der Waals surface area contributed by atoms with Gasteiger partial charge in [-0.3, -0.25) is 13.9 Å². The molecule has 0 bridgehead atoms. The smallest absolute Gasteiger partial charge is 0.264 e. The van der Waals surface area contributed by atoms with E-state index in [1.807, 2.05) is 61.5 Å². The monoisotopic (exact) mass is 643 g/mol. The highest BCUT2D eigenvalue weighted by molar-refractivity contribution is 7.92. The molecule has 0 aliphatic heterocycles. The Morgan fingerprint density at radius 2 is 1.42 bits per heavy atom. The Morgan fingerprint density at radius 1 is 0.822 bits per heavy atom. The molecule has 0 aromatic heterocycles. The third-order valence-corrected chi connectivity index (χ3v) is 10.2. The van der Waals surface area contributed by atoms with Gasteiger partial charge < -0.3 is 10.2 Å². The van der Waals surface area contributed by atoms with Gasteiger partial charge in [-0.25, -0.2) is 8.42 Å². The Labute approximate surface area is 270 Å². The molecule has 0 spiro atoms. The molecule has 7 nitrogen and oxygen atoms in total. The van der Waals surface area contributed by atoms with Crippen LogP contribution >= 0.6 is 11.6 Å². The van der Waals surface area contributed by atoms with Gasteiger partial charge in [0.05, 0.1) is 10.6 Å². The first kappa shape index (κ1) is 32.3. The highest BCUT2D eigenvalue weighted by Gasteiger charge is 2.35. The number of anilines is 1. The van der Waals surface area contributed by atoms with Crippen molar-refractivity contribution in [3.05, 3.63) is 131 Å². The Morgan fingerprint density at radius 3 is 2.04 bits per heavy atom. The number of carbonyl (C=O) groups is 2. The summed E-state index contributed by atoms with van der Waals surface area (Å²) < 4.78 is 29.2. The van der Waals surface area contributed by atoms with E-state index in [1.165, 1.54) is 17.0 Å². The third-order valence-electron chi connectivity index (χ3n) is 8.17. The SMILES string of the molecule is Cc1ccc(CN(C(=O)CN(c2ccc(Cl)cc2)S(=O)(=O)c2ccccc2)C(Cc2ccccc2)C(=O)NC2CCCC2)cc1. The summed E-state index contributed by atoms with van der Waals surface area (Å²) in [6.45, 7) is 1.61. The van der Waals surface area contributed by atoms with Gasteiger partial charge >= 0.3 is 0 Å². The fourth-order valence-corrected chi connectivity index (χ4v) is 7.23. The summed E-state index contributed by atoms with van der Waals surface area (Å²) >= 11 is 6.14. The van der Waals surface area contributed by atoms with Crippen LogP contribution in [0.3, 0.4) is 0 Å². The Kier molecular flexibility index (Phi) is 10.6. The first-order chi connectivity index (χ1) is 21.7. The maximum Gasteiger partial charge on any atom is 0.264 e. The predicted octanol–water partition coefficient (Wildman–Crippen LogP) is 6.54. The van der Waals surface area contributed by atoms with E-state index in [-0.39, 0.29) is 29.8 Å². The van der Waals surface area contributed by atoms with Crippen LogP contribution in [0.1, 0.15) is 42.4 Å². The first-order valence-electron chi connectivity index (χ1n) is 15.2. The van der Waals surface area contributed by atoms with Crippen LogP contribution in [0.5, 0.6) is 0 Å². The Hall–Kier alpha value is -4.14. The standard InChI is InChI=1S/C36H38ClN3O4S/c1-27-16-18-29(19-17-27)25-39(34(24-28-10-4-2-5-11-28)36(42)38-31-12-8-9-13-31)35(41)26-40(32-22-20-30(37)21-23-32)45(43,44)33-14-6-3-7-15-33/h2-7,10-11,14-23,31,34H,8-9,12-13,24-26H2,1H3,(H,38,42). The van der Waals surface area contributed by atoms with Crippen LogP contribution in [0.25, 0.3) is 0 Å². The normalized spacial score (nSPS) is 14.1. The molecule has 4 aromatic carbocycles. The van der Waals surface area contributed by atoms with E-state index in [0.29, 0.717) is 10.7 Å². The number of nitrogens with one attached hydrogen (secondary N) is 1.